The van der Waals surface area contributed by atoms with Gasteiger partial charge in [-0.05, 0) is 82.0 Å². The number of carbonyl (C=O) groups is 1. The van der Waals surface area contributed by atoms with Crippen molar-refractivity contribution in [3.05, 3.63) is 0 Å². The summed E-state index contributed by atoms with van der Waals surface area (Å²) in [7, 11) is 0. The van der Waals surface area contributed by atoms with Gasteiger partial charge in [0.2, 0.25) is 0 Å². The zero-order valence-corrected chi connectivity index (χ0v) is 15.4. The number of carbonyl (C=O) groups excluding carboxylic acids is 1. The summed E-state index contributed by atoms with van der Waals surface area (Å²) in [5.74, 6) is 2.83. The normalized spacial score (nSPS) is 40.9. The average Bonchev–Trinajstić information content (AvgIpc) is 2.64. The van der Waals surface area contributed by atoms with Crippen LogP contribution in [0.25, 0.3) is 0 Å². The summed E-state index contributed by atoms with van der Waals surface area (Å²) < 4.78 is 18.9. The summed E-state index contributed by atoms with van der Waals surface area (Å²) in [6.45, 7) is 2.32. The van der Waals surface area contributed by atoms with Crippen molar-refractivity contribution in [2.45, 2.75) is 103 Å². The highest BCUT2D eigenvalue weighted by atomic mass is 19.1. The zero-order valence-electron chi connectivity index (χ0n) is 15.4. The molecule has 3 heteroatoms. The van der Waals surface area contributed by atoms with Gasteiger partial charge in [0.05, 0.1) is 5.92 Å². The molecule has 0 aromatic heterocycles. The van der Waals surface area contributed by atoms with E-state index in [1.165, 1.54) is 44.9 Å². The van der Waals surface area contributed by atoms with Crippen molar-refractivity contribution in [2.24, 2.45) is 23.7 Å². The quantitative estimate of drug-likeness (QED) is 0.603. The molecular weight excluding hydrogens is 303 g/mol. The Bertz CT molecular complexity index is 387. The van der Waals surface area contributed by atoms with Crippen molar-refractivity contribution in [1.29, 1.82) is 0 Å². The molecule has 0 aromatic carbocycles. The standard InChI is InChI=1S/C21H35FO2/c1-2-15-3-5-16(6-4-15)17-7-9-18(10-8-17)21(23)24-20-13-11-19(22)12-14-20/h15-20H,2-14H2,1H3. The van der Waals surface area contributed by atoms with Crippen molar-refractivity contribution >= 4 is 5.97 Å². The molecule has 138 valence electrons. The van der Waals surface area contributed by atoms with E-state index in [9.17, 15) is 9.18 Å². The van der Waals surface area contributed by atoms with Gasteiger partial charge in [-0.25, -0.2) is 4.39 Å². The summed E-state index contributed by atoms with van der Waals surface area (Å²) in [4.78, 5) is 12.4. The molecule has 3 rings (SSSR count). The van der Waals surface area contributed by atoms with Crippen LogP contribution in [0.3, 0.4) is 0 Å². The maximum atomic E-state index is 13.2. The number of hydrogen-bond acceptors (Lipinski definition) is 2. The summed E-state index contributed by atoms with van der Waals surface area (Å²) >= 11 is 0. The van der Waals surface area contributed by atoms with Gasteiger partial charge in [0.15, 0.2) is 0 Å². The minimum atomic E-state index is -0.682. The highest BCUT2D eigenvalue weighted by Crippen LogP contribution is 2.42. The van der Waals surface area contributed by atoms with Gasteiger partial charge in [-0.2, -0.15) is 0 Å². The van der Waals surface area contributed by atoms with E-state index in [2.05, 4.69) is 6.92 Å². The Balaban J connectivity index is 1.38. The smallest absolute Gasteiger partial charge is 0.309 e. The van der Waals surface area contributed by atoms with Crippen molar-refractivity contribution in [3.63, 3.8) is 0 Å². The highest BCUT2D eigenvalue weighted by Gasteiger charge is 2.34. The first kappa shape index (κ1) is 18.2. The van der Waals surface area contributed by atoms with Crippen molar-refractivity contribution in [1.82, 2.24) is 0 Å². The Hall–Kier alpha value is -0.600. The highest BCUT2D eigenvalue weighted by molar-refractivity contribution is 5.72. The predicted molar refractivity (Wildman–Crippen MR) is 94.4 cm³/mol. The molecule has 0 aliphatic heterocycles. The molecule has 0 N–H and O–H groups in total. The van der Waals surface area contributed by atoms with Crippen LogP contribution in [-0.4, -0.2) is 18.2 Å². The second-order valence-corrected chi connectivity index (χ2v) is 8.61. The maximum absolute atomic E-state index is 13.2. The SMILES string of the molecule is CCC1CCC(C2CCC(C(=O)OC3CCC(F)CC3)CC2)CC1. The third-order valence-corrected chi connectivity index (χ3v) is 7.13. The van der Waals surface area contributed by atoms with Gasteiger partial charge >= 0.3 is 5.97 Å². The van der Waals surface area contributed by atoms with Gasteiger partial charge in [-0.15, -0.1) is 0 Å². The molecule has 3 saturated carbocycles. The van der Waals surface area contributed by atoms with Gasteiger partial charge in [-0.1, -0.05) is 26.2 Å². The van der Waals surface area contributed by atoms with E-state index in [1.807, 2.05) is 0 Å². The fourth-order valence-corrected chi connectivity index (χ4v) is 5.29. The molecule has 0 unspecified atom stereocenters. The lowest BCUT2D eigenvalue weighted by Gasteiger charge is -2.37. The first-order valence-corrected chi connectivity index (χ1v) is 10.5. The largest absolute Gasteiger partial charge is 0.462 e. The van der Waals surface area contributed by atoms with Crippen LogP contribution in [-0.2, 0) is 9.53 Å². The second kappa shape index (κ2) is 8.67. The van der Waals surface area contributed by atoms with Gasteiger partial charge < -0.3 is 4.74 Å². The first-order valence-electron chi connectivity index (χ1n) is 10.5. The summed E-state index contributed by atoms with van der Waals surface area (Å²) in [5, 5.41) is 0. The second-order valence-electron chi connectivity index (χ2n) is 8.61. The van der Waals surface area contributed by atoms with E-state index in [0.717, 1.165) is 30.6 Å². The van der Waals surface area contributed by atoms with E-state index >= 15 is 0 Å². The molecule has 0 amide bonds. The van der Waals surface area contributed by atoms with Crippen LogP contribution in [0.15, 0.2) is 0 Å². The van der Waals surface area contributed by atoms with E-state index in [1.54, 1.807) is 0 Å². The third-order valence-electron chi connectivity index (χ3n) is 7.13. The first-order chi connectivity index (χ1) is 11.7. The Morgan fingerprint density at radius 1 is 0.833 bits per heavy atom. The van der Waals surface area contributed by atoms with E-state index in [4.69, 9.17) is 4.74 Å². The predicted octanol–water partition coefficient (Wildman–Crippen LogP) is 5.83. The number of alkyl halides is 1. The van der Waals surface area contributed by atoms with Gasteiger partial charge in [0.25, 0.3) is 0 Å². The third kappa shape index (κ3) is 4.73. The number of esters is 1. The van der Waals surface area contributed by atoms with Crippen molar-refractivity contribution in [3.8, 4) is 0 Å². The Morgan fingerprint density at radius 3 is 1.92 bits per heavy atom. The van der Waals surface area contributed by atoms with Crippen LogP contribution in [0.2, 0.25) is 0 Å². The van der Waals surface area contributed by atoms with E-state index in [0.29, 0.717) is 25.7 Å². The molecule has 0 bridgehead atoms. The van der Waals surface area contributed by atoms with Gasteiger partial charge in [0.1, 0.15) is 12.3 Å². The molecule has 3 aliphatic carbocycles. The fraction of sp³-hybridized carbons (Fsp3) is 0.952. The molecule has 0 aromatic rings. The van der Waals surface area contributed by atoms with Crippen molar-refractivity contribution in [2.75, 3.05) is 0 Å². The number of hydrogen-bond donors (Lipinski definition) is 0. The van der Waals surface area contributed by atoms with Crippen LogP contribution in [0.1, 0.15) is 90.4 Å². The lowest BCUT2D eigenvalue weighted by Crippen LogP contribution is -2.32. The van der Waals surface area contributed by atoms with Gasteiger partial charge in [0, 0.05) is 0 Å². The van der Waals surface area contributed by atoms with Gasteiger partial charge in [-0.3, -0.25) is 4.79 Å². The lowest BCUT2D eigenvalue weighted by molar-refractivity contribution is -0.157. The fourth-order valence-electron chi connectivity index (χ4n) is 5.29. The number of rotatable bonds is 4. The van der Waals surface area contributed by atoms with E-state index < -0.39 is 6.17 Å². The monoisotopic (exact) mass is 338 g/mol. The summed E-state index contributed by atoms with van der Waals surface area (Å²) in [5.41, 5.74) is 0. The zero-order chi connectivity index (χ0) is 16.9. The molecule has 0 heterocycles. The van der Waals surface area contributed by atoms with Crippen LogP contribution < -0.4 is 0 Å². The molecule has 3 fully saturated rings. The molecule has 2 nitrogen and oxygen atoms in total. The summed E-state index contributed by atoms with van der Waals surface area (Å²) in [6, 6.07) is 0. The minimum absolute atomic E-state index is 0.00505. The van der Waals surface area contributed by atoms with E-state index in [-0.39, 0.29) is 18.0 Å². The molecule has 3 aliphatic rings. The molecular formula is C21H35FO2. The number of halogens is 1. The van der Waals surface area contributed by atoms with Crippen LogP contribution in [0, 0.1) is 23.7 Å². The minimum Gasteiger partial charge on any atom is -0.462 e. The summed E-state index contributed by atoms with van der Waals surface area (Å²) in [6.07, 6.45) is 13.3. The number of ether oxygens (including phenoxy) is 1. The average molecular weight is 339 g/mol. The lowest BCUT2D eigenvalue weighted by atomic mass is 9.69. The molecule has 24 heavy (non-hydrogen) atoms. The van der Waals surface area contributed by atoms with Crippen LogP contribution in [0.4, 0.5) is 4.39 Å². The Labute approximate surface area is 146 Å². The molecule has 0 radical (unpaired) electrons. The van der Waals surface area contributed by atoms with Crippen LogP contribution >= 0.6 is 0 Å². The Morgan fingerprint density at radius 2 is 1.38 bits per heavy atom. The topological polar surface area (TPSA) is 26.3 Å². The molecule has 0 spiro atoms. The van der Waals surface area contributed by atoms with Crippen molar-refractivity contribution < 1.29 is 13.9 Å². The Kier molecular flexibility index (Phi) is 6.57. The maximum Gasteiger partial charge on any atom is 0.309 e. The molecule has 0 saturated heterocycles. The van der Waals surface area contributed by atoms with Crippen LogP contribution in [0.5, 0.6) is 0 Å². The molecule has 0 atom stereocenters.